The smallest absolute Gasteiger partial charge is 0.0471 e. The molecule has 2 saturated carbocycles. The molecular weight excluding hydrogens is 210 g/mol. The summed E-state index contributed by atoms with van der Waals surface area (Å²) in [4.78, 5) is 0. The minimum Gasteiger partial charge on any atom is -0.381 e. The lowest BCUT2D eigenvalue weighted by Crippen LogP contribution is -2.39. The number of rotatable bonds is 4. The van der Waals surface area contributed by atoms with Crippen LogP contribution in [-0.2, 0) is 4.74 Å². The van der Waals surface area contributed by atoms with E-state index in [1.807, 2.05) is 0 Å². The Labute approximate surface area is 105 Å². The van der Waals surface area contributed by atoms with Crippen LogP contribution in [0.25, 0.3) is 0 Å². The average molecular weight is 237 g/mol. The zero-order valence-electron chi connectivity index (χ0n) is 11.2. The van der Waals surface area contributed by atoms with Crippen molar-refractivity contribution in [3.05, 3.63) is 0 Å². The Morgan fingerprint density at radius 3 is 2.65 bits per heavy atom. The normalized spacial score (nSPS) is 39.7. The van der Waals surface area contributed by atoms with Crippen molar-refractivity contribution < 1.29 is 4.74 Å². The molecule has 1 heterocycles. The summed E-state index contributed by atoms with van der Waals surface area (Å²) in [6.45, 7) is 6.82. The molecule has 0 amide bonds. The third kappa shape index (κ3) is 2.68. The van der Waals surface area contributed by atoms with Crippen LogP contribution in [0.1, 0.15) is 45.4 Å². The van der Waals surface area contributed by atoms with Crippen LogP contribution in [0.3, 0.4) is 0 Å². The van der Waals surface area contributed by atoms with E-state index in [4.69, 9.17) is 4.74 Å². The summed E-state index contributed by atoms with van der Waals surface area (Å²) >= 11 is 0. The zero-order chi connectivity index (χ0) is 11.7. The minimum atomic E-state index is 0.496. The van der Waals surface area contributed by atoms with E-state index >= 15 is 0 Å². The molecule has 1 saturated heterocycles. The van der Waals surface area contributed by atoms with Crippen LogP contribution in [0.5, 0.6) is 0 Å². The average Bonchev–Trinajstić information content (AvgIpc) is 2.92. The molecule has 3 atom stereocenters. The Balaban J connectivity index is 1.40. The van der Waals surface area contributed by atoms with Gasteiger partial charge >= 0.3 is 0 Å². The van der Waals surface area contributed by atoms with Crippen LogP contribution in [0.15, 0.2) is 0 Å². The topological polar surface area (TPSA) is 21.3 Å². The van der Waals surface area contributed by atoms with Gasteiger partial charge in [0.05, 0.1) is 0 Å². The van der Waals surface area contributed by atoms with Crippen molar-refractivity contribution in [3.63, 3.8) is 0 Å². The third-order valence-electron chi connectivity index (χ3n) is 5.54. The molecular formula is C15H27NO. The molecule has 3 rings (SSSR count). The van der Waals surface area contributed by atoms with Gasteiger partial charge in [-0.25, -0.2) is 0 Å². The number of fused-ring (bicyclic) bond motifs is 2. The van der Waals surface area contributed by atoms with E-state index in [0.29, 0.717) is 5.41 Å². The molecule has 2 heteroatoms. The highest BCUT2D eigenvalue weighted by Crippen LogP contribution is 2.48. The number of hydrogen-bond acceptors (Lipinski definition) is 2. The van der Waals surface area contributed by atoms with Crippen LogP contribution in [0, 0.1) is 23.2 Å². The van der Waals surface area contributed by atoms with E-state index in [1.165, 1.54) is 51.6 Å². The highest BCUT2D eigenvalue weighted by Gasteiger charge is 2.39. The molecule has 0 spiro atoms. The van der Waals surface area contributed by atoms with Crippen molar-refractivity contribution in [1.29, 1.82) is 0 Å². The van der Waals surface area contributed by atoms with Crippen molar-refractivity contribution in [2.75, 3.05) is 26.3 Å². The maximum Gasteiger partial charge on any atom is 0.0471 e. The Kier molecular flexibility index (Phi) is 3.45. The van der Waals surface area contributed by atoms with Gasteiger partial charge < -0.3 is 10.1 Å². The molecule has 0 aromatic carbocycles. The summed E-state index contributed by atoms with van der Waals surface area (Å²) < 4.78 is 5.46. The van der Waals surface area contributed by atoms with Crippen molar-refractivity contribution in [1.82, 2.24) is 5.32 Å². The fourth-order valence-electron chi connectivity index (χ4n) is 4.23. The lowest BCUT2D eigenvalue weighted by Gasteiger charge is -2.34. The lowest BCUT2D eigenvalue weighted by molar-refractivity contribution is 0.0235. The number of hydrogen-bond donors (Lipinski definition) is 1. The van der Waals surface area contributed by atoms with E-state index < -0.39 is 0 Å². The minimum absolute atomic E-state index is 0.496. The molecule has 0 radical (unpaired) electrons. The summed E-state index contributed by atoms with van der Waals surface area (Å²) in [6, 6.07) is 0. The van der Waals surface area contributed by atoms with Gasteiger partial charge in [0.15, 0.2) is 0 Å². The van der Waals surface area contributed by atoms with Gasteiger partial charge in [-0.1, -0.05) is 13.3 Å². The first kappa shape index (κ1) is 12.0. The van der Waals surface area contributed by atoms with Crippen molar-refractivity contribution in [3.8, 4) is 0 Å². The van der Waals surface area contributed by atoms with Gasteiger partial charge in [0.1, 0.15) is 0 Å². The summed E-state index contributed by atoms with van der Waals surface area (Å²) in [5, 5.41) is 3.77. The molecule has 2 nitrogen and oxygen atoms in total. The summed E-state index contributed by atoms with van der Waals surface area (Å²) in [5.41, 5.74) is 0.496. The second-order valence-corrected chi connectivity index (χ2v) is 6.99. The Bertz CT molecular complexity index is 260. The predicted octanol–water partition coefficient (Wildman–Crippen LogP) is 2.83. The van der Waals surface area contributed by atoms with Crippen LogP contribution in [0.4, 0.5) is 0 Å². The van der Waals surface area contributed by atoms with Gasteiger partial charge in [0.2, 0.25) is 0 Å². The van der Waals surface area contributed by atoms with E-state index in [0.717, 1.165) is 31.0 Å². The summed E-state index contributed by atoms with van der Waals surface area (Å²) in [7, 11) is 0. The molecule has 3 aliphatic rings. The van der Waals surface area contributed by atoms with Crippen molar-refractivity contribution >= 4 is 0 Å². The summed E-state index contributed by atoms with van der Waals surface area (Å²) in [6.07, 6.45) is 8.56. The molecule has 0 aromatic rings. The molecule has 2 bridgehead atoms. The molecule has 17 heavy (non-hydrogen) atoms. The zero-order valence-corrected chi connectivity index (χ0v) is 11.2. The predicted molar refractivity (Wildman–Crippen MR) is 70.0 cm³/mol. The first-order valence-corrected chi connectivity index (χ1v) is 7.54. The fraction of sp³-hybridized carbons (Fsp3) is 1.00. The third-order valence-corrected chi connectivity index (χ3v) is 5.54. The molecule has 1 aliphatic heterocycles. The van der Waals surface area contributed by atoms with Crippen molar-refractivity contribution in [2.24, 2.45) is 23.2 Å². The molecule has 0 aromatic heterocycles. The first-order valence-electron chi connectivity index (χ1n) is 7.54. The van der Waals surface area contributed by atoms with Gasteiger partial charge in [0.25, 0.3) is 0 Å². The van der Waals surface area contributed by atoms with E-state index in [-0.39, 0.29) is 0 Å². The molecule has 3 fully saturated rings. The maximum atomic E-state index is 5.46. The van der Waals surface area contributed by atoms with E-state index in [9.17, 15) is 0 Å². The van der Waals surface area contributed by atoms with Gasteiger partial charge in [-0.2, -0.15) is 0 Å². The standard InChI is InChI=1S/C15H27NO/c1-15(4-6-17-7-5-15)11-16-10-14-9-12-2-3-13(14)8-12/h12-14,16H,2-11H2,1H3. The second kappa shape index (κ2) is 4.89. The molecule has 2 aliphatic carbocycles. The first-order chi connectivity index (χ1) is 8.25. The van der Waals surface area contributed by atoms with Crippen LogP contribution >= 0.6 is 0 Å². The van der Waals surface area contributed by atoms with Crippen LogP contribution < -0.4 is 5.32 Å². The molecule has 3 unspecified atom stereocenters. The van der Waals surface area contributed by atoms with E-state index in [2.05, 4.69) is 12.2 Å². The fourth-order valence-corrected chi connectivity index (χ4v) is 4.23. The highest BCUT2D eigenvalue weighted by molar-refractivity contribution is 4.91. The summed E-state index contributed by atoms with van der Waals surface area (Å²) in [5.74, 6) is 3.15. The van der Waals surface area contributed by atoms with Gasteiger partial charge in [-0.15, -0.1) is 0 Å². The maximum absolute atomic E-state index is 5.46. The van der Waals surface area contributed by atoms with Crippen molar-refractivity contribution in [2.45, 2.75) is 45.4 Å². The molecule has 1 N–H and O–H groups in total. The Hall–Kier alpha value is -0.0800. The largest absolute Gasteiger partial charge is 0.381 e. The quantitative estimate of drug-likeness (QED) is 0.812. The second-order valence-electron chi connectivity index (χ2n) is 6.99. The highest BCUT2D eigenvalue weighted by atomic mass is 16.5. The van der Waals surface area contributed by atoms with Crippen LogP contribution in [0.2, 0.25) is 0 Å². The van der Waals surface area contributed by atoms with E-state index in [1.54, 1.807) is 0 Å². The monoisotopic (exact) mass is 237 g/mol. The van der Waals surface area contributed by atoms with Gasteiger partial charge in [-0.05, 0) is 61.8 Å². The molecule has 98 valence electrons. The number of nitrogens with one attached hydrogen (secondary N) is 1. The van der Waals surface area contributed by atoms with Gasteiger partial charge in [0, 0.05) is 19.8 Å². The SMILES string of the molecule is CC1(CNCC2CC3CCC2C3)CCOCC1. The Morgan fingerprint density at radius 1 is 1.18 bits per heavy atom. The van der Waals surface area contributed by atoms with Crippen LogP contribution in [-0.4, -0.2) is 26.3 Å². The Morgan fingerprint density at radius 2 is 2.00 bits per heavy atom. The lowest BCUT2D eigenvalue weighted by atomic mass is 9.82. The van der Waals surface area contributed by atoms with Gasteiger partial charge in [-0.3, -0.25) is 0 Å². The number of ether oxygens (including phenoxy) is 1.